The van der Waals surface area contributed by atoms with Gasteiger partial charge in [-0.3, -0.25) is 14.5 Å². The van der Waals surface area contributed by atoms with Crippen LogP contribution in [0.4, 0.5) is 0 Å². The van der Waals surface area contributed by atoms with Crippen LogP contribution in [-0.2, 0) is 13.0 Å². The standard InChI is InChI=1S/C19H32N4O/c1-2-6-17(7-3-1)22-12-10-21(11-13-22)14-15-24-19-16-18-8-4-5-9-23(18)20-19/h16-17H,1-15H2. The third-order valence-electron chi connectivity index (χ3n) is 6.05. The molecule has 0 radical (unpaired) electrons. The fourth-order valence-corrected chi connectivity index (χ4v) is 4.54. The molecule has 5 nitrogen and oxygen atoms in total. The molecule has 134 valence electrons. The summed E-state index contributed by atoms with van der Waals surface area (Å²) in [5, 5.41) is 4.57. The van der Waals surface area contributed by atoms with Gasteiger partial charge in [-0.1, -0.05) is 19.3 Å². The number of piperazine rings is 1. The Balaban J connectivity index is 1.17. The monoisotopic (exact) mass is 332 g/mol. The average molecular weight is 332 g/mol. The molecule has 0 bridgehead atoms. The smallest absolute Gasteiger partial charge is 0.233 e. The van der Waals surface area contributed by atoms with Crippen molar-refractivity contribution in [1.82, 2.24) is 19.6 Å². The summed E-state index contributed by atoms with van der Waals surface area (Å²) < 4.78 is 8.04. The minimum Gasteiger partial charge on any atom is -0.475 e. The van der Waals surface area contributed by atoms with E-state index in [4.69, 9.17) is 4.74 Å². The molecule has 4 rings (SSSR count). The Bertz CT molecular complexity index is 492. The topological polar surface area (TPSA) is 33.5 Å². The fourth-order valence-electron chi connectivity index (χ4n) is 4.54. The molecule has 0 amide bonds. The number of aromatic nitrogens is 2. The highest BCUT2D eigenvalue weighted by Crippen LogP contribution is 2.23. The number of aryl methyl sites for hydroxylation is 2. The summed E-state index contributed by atoms with van der Waals surface area (Å²) in [7, 11) is 0. The first kappa shape index (κ1) is 16.4. The van der Waals surface area contributed by atoms with Gasteiger partial charge in [-0.05, 0) is 32.1 Å². The summed E-state index contributed by atoms with van der Waals surface area (Å²) in [6.07, 6.45) is 10.9. The van der Waals surface area contributed by atoms with Gasteiger partial charge in [-0.15, -0.1) is 5.10 Å². The molecule has 5 heteroatoms. The van der Waals surface area contributed by atoms with Crippen molar-refractivity contribution in [2.45, 2.75) is 64.0 Å². The lowest BCUT2D eigenvalue weighted by Gasteiger charge is -2.40. The third kappa shape index (κ3) is 3.94. The van der Waals surface area contributed by atoms with E-state index in [-0.39, 0.29) is 0 Å². The normalized spacial score (nSPS) is 24.0. The van der Waals surface area contributed by atoms with E-state index < -0.39 is 0 Å². The van der Waals surface area contributed by atoms with Crippen molar-refractivity contribution in [3.63, 3.8) is 0 Å². The zero-order chi connectivity index (χ0) is 16.2. The molecule has 0 atom stereocenters. The Hall–Kier alpha value is -1.07. The molecule has 3 heterocycles. The van der Waals surface area contributed by atoms with Crippen molar-refractivity contribution in [2.75, 3.05) is 39.3 Å². The first-order valence-corrected chi connectivity index (χ1v) is 10.0. The minimum atomic E-state index is 0.764. The molecule has 3 aliphatic rings. The first-order chi connectivity index (χ1) is 11.9. The van der Waals surface area contributed by atoms with E-state index in [2.05, 4.69) is 25.6 Å². The van der Waals surface area contributed by atoms with Crippen molar-refractivity contribution in [1.29, 1.82) is 0 Å². The predicted octanol–water partition coefficient (Wildman–Crippen LogP) is 2.55. The van der Waals surface area contributed by atoms with Crippen LogP contribution in [0.25, 0.3) is 0 Å². The summed E-state index contributed by atoms with van der Waals surface area (Å²) in [6, 6.07) is 3.01. The zero-order valence-electron chi connectivity index (χ0n) is 15.0. The lowest BCUT2D eigenvalue weighted by molar-refractivity contribution is 0.0714. The quantitative estimate of drug-likeness (QED) is 0.830. The first-order valence-electron chi connectivity index (χ1n) is 10.0. The van der Waals surface area contributed by atoms with E-state index in [0.717, 1.165) is 38.0 Å². The van der Waals surface area contributed by atoms with E-state index in [0.29, 0.717) is 0 Å². The van der Waals surface area contributed by atoms with Gasteiger partial charge >= 0.3 is 0 Å². The Morgan fingerprint density at radius 2 is 1.79 bits per heavy atom. The van der Waals surface area contributed by atoms with Crippen LogP contribution in [0.15, 0.2) is 6.07 Å². The van der Waals surface area contributed by atoms with Crippen LogP contribution in [0.1, 0.15) is 50.6 Å². The minimum absolute atomic E-state index is 0.764. The number of fused-ring (bicyclic) bond motifs is 1. The highest BCUT2D eigenvalue weighted by Gasteiger charge is 2.25. The molecule has 2 aliphatic heterocycles. The largest absolute Gasteiger partial charge is 0.475 e. The van der Waals surface area contributed by atoms with E-state index in [1.54, 1.807) is 0 Å². The molecule has 1 aromatic heterocycles. The van der Waals surface area contributed by atoms with Crippen molar-refractivity contribution in [3.05, 3.63) is 11.8 Å². The molecule has 0 spiro atoms. The highest BCUT2D eigenvalue weighted by atomic mass is 16.5. The summed E-state index contributed by atoms with van der Waals surface area (Å²) >= 11 is 0. The van der Waals surface area contributed by atoms with Gasteiger partial charge in [-0.2, -0.15) is 0 Å². The van der Waals surface area contributed by atoms with Crippen LogP contribution in [0.5, 0.6) is 5.88 Å². The summed E-state index contributed by atoms with van der Waals surface area (Å²) in [5.41, 5.74) is 1.34. The molecule has 1 saturated heterocycles. The third-order valence-corrected chi connectivity index (χ3v) is 6.05. The van der Waals surface area contributed by atoms with Gasteiger partial charge in [-0.25, -0.2) is 0 Å². The number of ether oxygens (including phenoxy) is 1. The van der Waals surface area contributed by atoms with Crippen LogP contribution in [0, 0.1) is 0 Å². The molecule has 1 saturated carbocycles. The molecular weight excluding hydrogens is 300 g/mol. The van der Waals surface area contributed by atoms with Crippen molar-refractivity contribution < 1.29 is 4.74 Å². The van der Waals surface area contributed by atoms with Crippen LogP contribution >= 0.6 is 0 Å². The molecule has 0 unspecified atom stereocenters. The SMILES string of the molecule is c1c(OCCN2CCN(C3CCCCC3)CC2)nn2c1CCCC2. The molecular formula is C19H32N4O. The Morgan fingerprint density at radius 1 is 0.958 bits per heavy atom. The van der Waals surface area contributed by atoms with E-state index in [1.807, 2.05) is 0 Å². The summed E-state index contributed by atoms with van der Waals surface area (Å²) in [4.78, 5) is 5.29. The van der Waals surface area contributed by atoms with E-state index in [9.17, 15) is 0 Å². The van der Waals surface area contributed by atoms with E-state index in [1.165, 1.54) is 76.8 Å². The zero-order valence-corrected chi connectivity index (χ0v) is 15.0. The van der Waals surface area contributed by atoms with Crippen molar-refractivity contribution in [3.8, 4) is 5.88 Å². The Labute approximate surface area is 145 Å². The maximum atomic E-state index is 5.92. The molecule has 0 N–H and O–H groups in total. The molecule has 1 aliphatic carbocycles. The maximum Gasteiger partial charge on any atom is 0.233 e. The van der Waals surface area contributed by atoms with Gasteiger partial charge in [0.05, 0.1) is 0 Å². The van der Waals surface area contributed by atoms with Gasteiger partial charge in [0.15, 0.2) is 0 Å². The van der Waals surface area contributed by atoms with Crippen LogP contribution in [0.3, 0.4) is 0 Å². The van der Waals surface area contributed by atoms with Crippen LogP contribution in [-0.4, -0.2) is 65.0 Å². The molecule has 2 fully saturated rings. The number of hydrogen-bond donors (Lipinski definition) is 0. The Kier molecular flexibility index (Phi) is 5.38. The fraction of sp³-hybridized carbons (Fsp3) is 0.842. The maximum absolute atomic E-state index is 5.92. The lowest BCUT2D eigenvalue weighted by Crippen LogP contribution is -2.51. The van der Waals surface area contributed by atoms with Gasteiger partial charge in [0.25, 0.3) is 0 Å². The summed E-state index contributed by atoms with van der Waals surface area (Å²) in [5.74, 6) is 0.827. The number of hydrogen-bond acceptors (Lipinski definition) is 4. The van der Waals surface area contributed by atoms with Gasteiger partial charge in [0, 0.05) is 57.1 Å². The predicted molar refractivity (Wildman–Crippen MR) is 95.5 cm³/mol. The molecule has 1 aromatic rings. The van der Waals surface area contributed by atoms with Gasteiger partial charge in [0.1, 0.15) is 6.61 Å². The summed E-state index contributed by atoms with van der Waals surface area (Å²) in [6.45, 7) is 7.72. The second kappa shape index (κ2) is 7.87. The van der Waals surface area contributed by atoms with Crippen LogP contribution in [0.2, 0.25) is 0 Å². The second-order valence-corrected chi connectivity index (χ2v) is 7.67. The average Bonchev–Trinajstić information content (AvgIpc) is 3.06. The molecule has 0 aromatic carbocycles. The van der Waals surface area contributed by atoms with E-state index >= 15 is 0 Å². The number of rotatable bonds is 5. The number of nitrogens with zero attached hydrogens (tertiary/aromatic N) is 4. The highest BCUT2D eigenvalue weighted by molar-refractivity contribution is 5.16. The lowest BCUT2D eigenvalue weighted by atomic mass is 9.94. The van der Waals surface area contributed by atoms with Gasteiger partial charge < -0.3 is 4.74 Å². The molecule has 24 heavy (non-hydrogen) atoms. The van der Waals surface area contributed by atoms with Gasteiger partial charge in [0.2, 0.25) is 5.88 Å². The Morgan fingerprint density at radius 3 is 2.58 bits per heavy atom. The van der Waals surface area contributed by atoms with Crippen molar-refractivity contribution in [2.24, 2.45) is 0 Å². The van der Waals surface area contributed by atoms with Crippen LogP contribution < -0.4 is 4.74 Å². The second-order valence-electron chi connectivity index (χ2n) is 7.67. The van der Waals surface area contributed by atoms with Crippen molar-refractivity contribution >= 4 is 0 Å².